The number of thiazole rings is 1. The molecule has 0 saturated carbocycles. The Hall–Kier alpha value is -2.18. The molecular formula is C19H24N4OS. The summed E-state index contributed by atoms with van der Waals surface area (Å²) in [6.45, 7) is 6.04. The largest absolute Gasteiger partial charge is 0.405 e. The molecule has 1 aromatic heterocycles. The molecule has 0 aliphatic carbocycles. The summed E-state index contributed by atoms with van der Waals surface area (Å²) in [5.74, 6) is 0. The van der Waals surface area contributed by atoms with Crippen LogP contribution in [0.1, 0.15) is 24.3 Å². The first-order valence-corrected chi connectivity index (χ1v) is 9.30. The summed E-state index contributed by atoms with van der Waals surface area (Å²) in [5, 5.41) is 1.09. The molecule has 132 valence electrons. The van der Waals surface area contributed by atoms with Crippen LogP contribution in [0.15, 0.2) is 47.7 Å². The number of hydrogen-bond acceptors (Lipinski definition) is 6. The number of aromatic nitrogens is 1. The Morgan fingerprint density at radius 2 is 2.12 bits per heavy atom. The van der Waals surface area contributed by atoms with Gasteiger partial charge in [-0.3, -0.25) is 4.99 Å². The van der Waals surface area contributed by atoms with Crippen LogP contribution in [0.25, 0.3) is 0 Å². The van der Waals surface area contributed by atoms with Gasteiger partial charge < -0.3 is 15.4 Å². The molecule has 0 unspecified atom stereocenters. The van der Waals surface area contributed by atoms with Gasteiger partial charge in [0.15, 0.2) is 5.13 Å². The lowest BCUT2D eigenvalue weighted by Crippen LogP contribution is -2.53. The van der Waals surface area contributed by atoms with Crippen molar-refractivity contribution < 1.29 is 4.74 Å². The van der Waals surface area contributed by atoms with E-state index in [0.29, 0.717) is 6.10 Å². The highest BCUT2D eigenvalue weighted by Crippen LogP contribution is 2.29. The maximum absolute atomic E-state index is 5.80. The van der Waals surface area contributed by atoms with Crippen LogP contribution in [0, 0.1) is 0 Å². The summed E-state index contributed by atoms with van der Waals surface area (Å²) in [4.78, 5) is 12.4. The minimum atomic E-state index is 0.289. The lowest BCUT2D eigenvalue weighted by molar-refractivity contribution is -0.00719. The Morgan fingerprint density at radius 1 is 1.36 bits per heavy atom. The van der Waals surface area contributed by atoms with E-state index in [1.54, 1.807) is 23.6 Å². The van der Waals surface area contributed by atoms with E-state index in [4.69, 9.17) is 10.5 Å². The van der Waals surface area contributed by atoms with Crippen molar-refractivity contribution in [1.82, 2.24) is 4.98 Å². The van der Waals surface area contributed by atoms with Crippen molar-refractivity contribution in [3.8, 4) is 0 Å². The second kappa shape index (κ2) is 8.27. The third-order valence-electron chi connectivity index (χ3n) is 3.86. The number of nitrogens with two attached hydrogens (primary N) is 1. The number of allylic oxidation sites excluding steroid dienone is 1. The third-order valence-corrected chi connectivity index (χ3v) is 4.92. The Labute approximate surface area is 152 Å². The molecule has 1 aliphatic heterocycles. The van der Waals surface area contributed by atoms with Gasteiger partial charge in [-0.2, -0.15) is 0 Å². The van der Waals surface area contributed by atoms with Crippen molar-refractivity contribution in [2.45, 2.75) is 32.5 Å². The van der Waals surface area contributed by atoms with E-state index in [1.807, 2.05) is 18.3 Å². The van der Waals surface area contributed by atoms with Crippen molar-refractivity contribution >= 4 is 28.4 Å². The van der Waals surface area contributed by atoms with Crippen LogP contribution in [0.4, 0.5) is 10.8 Å². The van der Waals surface area contributed by atoms with Crippen molar-refractivity contribution in [2.24, 2.45) is 10.7 Å². The molecule has 25 heavy (non-hydrogen) atoms. The number of aliphatic imine (C=N–C) groups is 1. The molecule has 5 nitrogen and oxygen atoms in total. The van der Waals surface area contributed by atoms with Crippen LogP contribution in [-0.4, -0.2) is 36.5 Å². The number of benzene rings is 1. The molecule has 0 amide bonds. The highest BCUT2D eigenvalue weighted by molar-refractivity contribution is 7.15. The summed E-state index contributed by atoms with van der Waals surface area (Å²) in [7, 11) is 0. The molecule has 0 spiro atoms. The minimum absolute atomic E-state index is 0.289. The molecule has 1 aliphatic rings. The molecule has 0 atom stereocenters. The monoisotopic (exact) mass is 356 g/mol. The number of anilines is 1. The number of ether oxygens (including phenoxy) is 1. The van der Waals surface area contributed by atoms with Gasteiger partial charge >= 0.3 is 0 Å². The zero-order valence-corrected chi connectivity index (χ0v) is 15.4. The maximum Gasteiger partial charge on any atom is 0.185 e. The summed E-state index contributed by atoms with van der Waals surface area (Å²) in [6.07, 6.45) is 8.37. The lowest BCUT2D eigenvalue weighted by Gasteiger charge is -2.39. The Balaban J connectivity index is 1.53. The summed E-state index contributed by atoms with van der Waals surface area (Å²) in [5.41, 5.74) is 7.46. The molecule has 3 rings (SSSR count). The topological polar surface area (TPSA) is 63.7 Å². The SMILES string of the molecule is CC(C)OC1CN(c2ncc(Cc3ccc(N=C/C=C\N)cc3)s2)C1. The van der Waals surface area contributed by atoms with Crippen LogP contribution < -0.4 is 10.6 Å². The summed E-state index contributed by atoms with van der Waals surface area (Å²) >= 11 is 1.76. The smallest absolute Gasteiger partial charge is 0.185 e. The van der Waals surface area contributed by atoms with Gasteiger partial charge in [-0.1, -0.05) is 12.1 Å². The fourth-order valence-corrected chi connectivity index (χ4v) is 3.63. The average molecular weight is 356 g/mol. The molecule has 0 bridgehead atoms. The number of nitrogens with zero attached hydrogens (tertiary/aromatic N) is 3. The first-order valence-electron chi connectivity index (χ1n) is 8.49. The second-order valence-corrected chi connectivity index (χ2v) is 7.42. The van der Waals surface area contributed by atoms with E-state index in [0.717, 1.165) is 30.3 Å². The average Bonchev–Trinajstić information content (AvgIpc) is 3.00. The summed E-state index contributed by atoms with van der Waals surface area (Å²) in [6, 6.07) is 8.24. The highest BCUT2D eigenvalue weighted by Gasteiger charge is 2.30. The van der Waals surface area contributed by atoms with Crippen LogP contribution in [0.3, 0.4) is 0 Å². The third kappa shape index (κ3) is 4.90. The molecule has 1 fully saturated rings. The zero-order valence-electron chi connectivity index (χ0n) is 14.6. The van der Waals surface area contributed by atoms with Gasteiger partial charge in [0, 0.05) is 36.8 Å². The predicted octanol–water partition coefficient (Wildman–Crippen LogP) is 3.52. The molecule has 2 aromatic rings. The Morgan fingerprint density at radius 3 is 2.80 bits per heavy atom. The predicted molar refractivity (Wildman–Crippen MR) is 105 cm³/mol. The fraction of sp³-hybridized carbons (Fsp3) is 0.368. The van der Waals surface area contributed by atoms with E-state index in [1.165, 1.54) is 16.6 Å². The van der Waals surface area contributed by atoms with Crippen LogP contribution >= 0.6 is 11.3 Å². The first kappa shape index (κ1) is 17.6. The van der Waals surface area contributed by atoms with Crippen LogP contribution in [0.5, 0.6) is 0 Å². The first-order chi connectivity index (χ1) is 12.1. The number of hydrogen-bond donors (Lipinski definition) is 1. The molecule has 1 aromatic carbocycles. The van der Waals surface area contributed by atoms with Crippen molar-refractivity contribution in [3.05, 3.63) is 53.2 Å². The van der Waals surface area contributed by atoms with Crippen molar-refractivity contribution in [1.29, 1.82) is 0 Å². The Bertz CT molecular complexity index is 730. The summed E-state index contributed by atoms with van der Waals surface area (Å²) < 4.78 is 5.80. The van der Waals surface area contributed by atoms with Crippen LogP contribution in [-0.2, 0) is 11.2 Å². The quantitative estimate of drug-likeness (QED) is 0.771. The van der Waals surface area contributed by atoms with E-state index >= 15 is 0 Å². The zero-order chi connectivity index (χ0) is 17.6. The van der Waals surface area contributed by atoms with E-state index < -0.39 is 0 Å². The van der Waals surface area contributed by atoms with Crippen molar-refractivity contribution in [2.75, 3.05) is 18.0 Å². The van der Waals surface area contributed by atoms with Gasteiger partial charge in [0.2, 0.25) is 0 Å². The molecule has 0 radical (unpaired) electrons. The van der Waals surface area contributed by atoms with Gasteiger partial charge in [-0.25, -0.2) is 4.98 Å². The minimum Gasteiger partial charge on any atom is -0.405 e. The lowest BCUT2D eigenvalue weighted by atomic mass is 10.1. The second-order valence-electron chi connectivity index (χ2n) is 6.33. The normalized spacial score (nSPS) is 15.6. The molecule has 6 heteroatoms. The maximum atomic E-state index is 5.80. The fourth-order valence-electron chi connectivity index (χ4n) is 2.67. The van der Waals surface area contributed by atoms with E-state index in [2.05, 4.69) is 40.9 Å². The van der Waals surface area contributed by atoms with E-state index in [-0.39, 0.29) is 6.10 Å². The molecule has 2 N–H and O–H groups in total. The molecule has 1 saturated heterocycles. The van der Waals surface area contributed by atoms with Gasteiger partial charge in [-0.05, 0) is 43.8 Å². The standard InChI is InChI=1S/C19H24N4OS/c1-14(2)24-17-12-23(13-17)19-22-11-18(25-19)10-15-4-6-16(7-5-15)21-9-3-8-20/h3-9,11,14,17H,10,12-13,20H2,1-2H3/b8-3-,21-9?. The molecule has 2 heterocycles. The van der Waals surface area contributed by atoms with Gasteiger partial charge in [-0.15, -0.1) is 11.3 Å². The highest BCUT2D eigenvalue weighted by atomic mass is 32.1. The van der Waals surface area contributed by atoms with Gasteiger partial charge in [0.05, 0.1) is 17.9 Å². The molecular weight excluding hydrogens is 332 g/mol. The van der Waals surface area contributed by atoms with Gasteiger partial charge in [0.25, 0.3) is 0 Å². The van der Waals surface area contributed by atoms with Gasteiger partial charge in [0.1, 0.15) is 0 Å². The number of rotatable bonds is 7. The van der Waals surface area contributed by atoms with Crippen LogP contribution in [0.2, 0.25) is 0 Å². The van der Waals surface area contributed by atoms with E-state index in [9.17, 15) is 0 Å². The Kier molecular flexibility index (Phi) is 5.83. The van der Waals surface area contributed by atoms with Crippen molar-refractivity contribution in [3.63, 3.8) is 0 Å².